The van der Waals surface area contributed by atoms with Gasteiger partial charge in [0.25, 0.3) is 0 Å². The Hall–Kier alpha value is -3.27. The fourth-order valence-corrected chi connectivity index (χ4v) is 3.72. The Morgan fingerprint density at radius 2 is 1.83 bits per heavy atom. The van der Waals surface area contributed by atoms with E-state index in [4.69, 9.17) is 5.41 Å². The summed E-state index contributed by atoms with van der Waals surface area (Å²) in [7, 11) is 1.47. The van der Waals surface area contributed by atoms with Gasteiger partial charge in [0.2, 0.25) is 5.91 Å². The van der Waals surface area contributed by atoms with Gasteiger partial charge in [0.1, 0.15) is 11.6 Å². The van der Waals surface area contributed by atoms with E-state index in [9.17, 15) is 18.8 Å². The van der Waals surface area contributed by atoms with E-state index >= 15 is 0 Å². The number of likely N-dealkylation sites (N-methyl/N-ethyl adjacent to an activating group) is 1. The largest absolute Gasteiger partial charge is 0.346 e. The molecular weight excluding hydrogens is 374 g/mol. The van der Waals surface area contributed by atoms with E-state index in [1.807, 2.05) is 0 Å². The monoisotopic (exact) mass is 396 g/mol. The van der Waals surface area contributed by atoms with E-state index in [2.05, 4.69) is 11.4 Å². The first kappa shape index (κ1) is 20.5. The average Bonchev–Trinajstić information content (AvgIpc) is 2.66. The molecule has 1 aliphatic rings. The van der Waals surface area contributed by atoms with Crippen molar-refractivity contribution in [3.63, 3.8) is 0 Å². The summed E-state index contributed by atoms with van der Waals surface area (Å²) >= 11 is 0. The maximum Gasteiger partial charge on any atom is 0.239 e. The van der Waals surface area contributed by atoms with Crippen molar-refractivity contribution in [2.75, 3.05) is 7.05 Å². The first-order valence-electron chi connectivity index (χ1n) is 9.13. The van der Waals surface area contributed by atoms with Gasteiger partial charge in [-0.3, -0.25) is 15.1 Å². The molecule has 0 radical (unpaired) electrons. The van der Waals surface area contributed by atoms with Crippen molar-refractivity contribution in [2.24, 2.45) is 0 Å². The molecule has 0 spiro atoms. The minimum Gasteiger partial charge on any atom is -0.346 e. The molecule has 2 atom stereocenters. The molecule has 2 aromatic carbocycles. The molecule has 1 amide bonds. The van der Waals surface area contributed by atoms with Crippen LogP contribution in [0, 0.1) is 28.4 Å². The van der Waals surface area contributed by atoms with Crippen molar-refractivity contribution in [1.29, 1.82) is 10.7 Å². The summed E-state index contributed by atoms with van der Waals surface area (Å²) in [5.74, 6) is -2.92. The molecule has 0 bridgehead atoms. The second kappa shape index (κ2) is 6.96. The molecule has 1 saturated heterocycles. The number of rotatable bonds is 3. The molecule has 0 saturated carbocycles. The summed E-state index contributed by atoms with van der Waals surface area (Å²) in [4.78, 5) is 14.3. The fraction of sp³-hybridized carbons (Fsp3) is 0.318. The van der Waals surface area contributed by atoms with Gasteiger partial charge < -0.3 is 5.32 Å². The maximum atomic E-state index is 14.7. The highest BCUT2D eigenvalue weighted by molar-refractivity contribution is 6.02. The number of nitriles is 1. The van der Waals surface area contributed by atoms with Gasteiger partial charge in [0.05, 0.1) is 22.9 Å². The molecule has 2 aromatic rings. The maximum absolute atomic E-state index is 14.7. The van der Waals surface area contributed by atoms with Gasteiger partial charge in [-0.05, 0) is 38.0 Å². The smallest absolute Gasteiger partial charge is 0.239 e. The summed E-state index contributed by atoms with van der Waals surface area (Å²) in [5, 5.41) is 20.4. The third-order valence-corrected chi connectivity index (χ3v) is 5.60. The standard InChI is InChI=1S/C22H22F2N4O/c1-21(2,12-25)14-7-5-13(6-8-14)18-19(29)28(4)20(26)27-22(18,3)16-10-9-15(23)11-17(16)24/h5-11,18H,1-4H3,(H2,26,27)/t18-,22+/m0/s1. The molecule has 3 rings (SSSR count). The molecule has 7 heteroatoms. The Bertz CT molecular complexity index is 1030. The SMILES string of the molecule is CN1C(=N)N[C@](C)(c2ccc(F)cc2F)[C@@H](c2ccc(C(C)(C)C#N)cc2)C1=O. The highest BCUT2D eigenvalue weighted by atomic mass is 19.1. The van der Waals surface area contributed by atoms with Gasteiger partial charge >= 0.3 is 0 Å². The average molecular weight is 396 g/mol. The Kier molecular flexibility index (Phi) is 4.91. The first-order chi connectivity index (χ1) is 13.5. The van der Waals surface area contributed by atoms with Crippen LogP contribution in [0.25, 0.3) is 0 Å². The molecule has 1 aliphatic heterocycles. The summed E-state index contributed by atoms with van der Waals surface area (Å²) in [5.41, 5.74) is -0.513. The third kappa shape index (κ3) is 3.35. The van der Waals surface area contributed by atoms with E-state index in [0.29, 0.717) is 5.56 Å². The topological polar surface area (TPSA) is 80.0 Å². The second-order valence-electron chi connectivity index (χ2n) is 7.99. The van der Waals surface area contributed by atoms with E-state index < -0.39 is 28.5 Å². The number of hydrogen-bond acceptors (Lipinski definition) is 3. The zero-order valence-electron chi connectivity index (χ0n) is 16.7. The van der Waals surface area contributed by atoms with Crippen molar-refractivity contribution in [3.8, 4) is 6.07 Å². The van der Waals surface area contributed by atoms with Crippen LogP contribution in [0.2, 0.25) is 0 Å². The Morgan fingerprint density at radius 1 is 1.21 bits per heavy atom. The lowest BCUT2D eigenvalue weighted by atomic mass is 9.73. The number of carbonyl (C=O) groups is 1. The Morgan fingerprint density at radius 3 is 2.38 bits per heavy atom. The number of carbonyl (C=O) groups excluding carboxylic acids is 1. The van der Waals surface area contributed by atoms with Gasteiger partial charge in [-0.2, -0.15) is 5.26 Å². The normalized spacial score (nSPS) is 22.2. The van der Waals surface area contributed by atoms with Gasteiger partial charge in [-0.25, -0.2) is 8.78 Å². The van der Waals surface area contributed by atoms with Crippen molar-refractivity contribution < 1.29 is 13.6 Å². The van der Waals surface area contributed by atoms with Crippen molar-refractivity contribution >= 4 is 11.9 Å². The van der Waals surface area contributed by atoms with Crippen LogP contribution in [0.1, 0.15) is 43.4 Å². The molecule has 150 valence electrons. The van der Waals surface area contributed by atoms with E-state index in [1.165, 1.54) is 18.0 Å². The van der Waals surface area contributed by atoms with Crippen LogP contribution < -0.4 is 5.32 Å². The molecule has 0 aromatic heterocycles. The van der Waals surface area contributed by atoms with E-state index in [1.54, 1.807) is 45.0 Å². The summed E-state index contributed by atoms with van der Waals surface area (Å²) in [6, 6.07) is 12.4. The number of nitrogens with zero attached hydrogens (tertiary/aromatic N) is 2. The lowest BCUT2D eigenvalue weighted by Gasteiger charge is -2.46. The lowest BCUT2D eigenvalue weighted by molar-refractivity contribution is -0.131. The predicted molar refractivity (Wildman–Crippen MR) is 105 cm³/mol. The van der Waals surface area contributed by atoms with Crippen LogP contribution in [0.5, 0.6) is 0 Å². The van der Waals surface area contributed by atoms with Gasteiger partial charge in [0, 0.05) is 18.7 Å². The Labute approximate surface area is 168 Å². The van der Waals surface area contributed by atoms with Crippen molar-refractivity contribution in [1.82, 2.24) is 10.2 Å². The van der Waals surface area contributed by atoms with E-state index in [-0.39, 0.29) is 17.4 Å². The van der Waals surface area contributed by atoms with Gasteiger partial charge in [0.15, 0.2) is 5.96 Å². The molecule has 0 aliphatic carbocycles. The Balaban J connectivity index is 2.15. The summed E-state index contributed by atoms with van der Waals surface area (Å²) < 4.78 is 28.1. The third-order valence-electron chi connectivity index (χ3n) is 5.60. The molecule has 29 heavy (non-hydrogen) atoms. The van der Waals surface area contributed by atoms with Crippen LogP contribution in [0.3, 0.4) is 0 Å². The number of hydrogen-bond donors (Lipinski definition) is 2. The minimum absolute atomic E-state index is 0.0940. The molecular formula is C22H22F2N4O. The summed E-state index contributed by atoms with van der Waals surface area (Å²) in [6.45, 7) is 5.21. The van der Waals surface area contributed by atoms with Gasteiger partial charge in [-0.1, -0.05) is 30.3 Å². The number of amides is 1. The number of halogens is 2. The lowest BCUT2D eigenvalue weighted by Crippen LogP contribution is -2.62. The van der Waals surface area contributed by atoms with Crippen LogP contribution in [0.15, 0.2) is 42.5 Å². The van der Waals surface area contributed by atoms with Crippen LogP contribution >= 0.6 is 0 Å². The van der Waals surface area contributed by atoms with E-state index in [0.717, 1.165) is 17.7 Å². The molecule has 5 nitrogen and oxygen atoms in total. The molecule has 1 heterocycles. The number of benzene rings is 2. The van der Waals surface area contributed by atoms with Crippen molar-refractivity contribution in [2.45, 2.75) is 37.6 Å². The molecule has 0 unspecified atom stereocenters. The zero-order chi connectivity index (χ0) is 21.6. The number of guanidine groups is 1. The fourth-order valence-electron chi connectivity index (χ4n) is 3.72. The van der Waals surface area contributed by atoms with Crippen LogP contribution in [0.4, 0.5) is 8.78 Å². The molecule has 1 fully saturated rings. The zero-order valence-corrected chi connectivity index (χ0v) is 16.7. The van der Waals surface area contributed by atoms with Crippen molar-refractivity contribution in [3.05, 3.63) is 70.8 Å². The predicted octanol–water partition coefficient (Wildman–Crippen LogP) is 3.76. The molecule has 2 N–H and O–H groups in total. The quantitative estimate of drug-likeness (QED) is 0.829. The minimum atomic E-state index is -1.30. The number of nitrogens with one attached hydrogen (secondary N) is 2. The highest BCUT2D eigenvalue weighted by Gasteiger charge is 2.49. The summed E-state index contributed by atoms with van der Waals surface area (Å²) in [6.07, 6.45) is 0. The second-order valence-corrected chi connectivity index (χ2v) is 7.99. The van der Waals surface area contributed by atoms with Crippen LogP contribution in [-0.2, 0) is 15.7 Å². The highest BCUT2D eigenvalue weighted by Crippen LogP contribution is 2.42. The first-order valence-corrected chi connectivity index (χ1v) is 9.13. The van der Waals surface area contributed by atoms with Crippen LogP contribution in [-0.4, -0.2) is 23.8 Å². The van der Waals surface area contributed by atoms with Gasteiger partial charge in [-0.15, -0.1) is 0 Å².